The van der Waals surface area contributed by atoms with E-state index >= 15 is 0 Å². The first-order valence-corrected chi connectivity index (χ1v) is 5.84. The number of nitrogens with zero attached hydrogens (tertiary/aromatic N) is 2. The summed E-state index contributed by atoms with van der Waals surface area (Å²) in [6, 6.07) is 6.78. The molecule has 0 spiro atoms. The van der Waals surface area contributed by atoms with Gasteiger partial charge in [-0.25, -0.2) is 4.68 Å². The van der Waals surface area contributed by atoms with Gasteiger partial charge in [0.1, 0.15) is 5.75 Å². The first-order chi connectivity index (χ1) is 8.47. The molecule has 0 atom stereocenters. The number of hydrogen-bond donors (Lipinski definition) is 0. The molecule has 18 heavy (non-hydrogen) atoms. The number of carbonyl (C=O) groups is 1. The highest BCUT2D eigenvalue weighted by Gasteiger charge is 2.09. The topological polar surface area (TPSA) is 44.1 Å². The molecular formula is C13H13ClN2O2. The standard InChI is InChI=1S/C13H13ClN2O2/c1-8-6-13(16(3)15-8)18-12-5-4-10(9(2)17)7-11(12)14/h4-7H,1-3H3. The zero-order chi connectivity index (χ0) is 13.3. The Morgan fingerprint density at radius 1 is 1.39 bits per heavy atom. The van der Waals surface area contributed by atoms with E-state index < -0.39 is 0 Å². The summed E-state index contributed by atoms with van der Waals surface area (Å²) >= 11 is 6.08. The molecule has 1 aromatic carbocycles. The van der Waals surface area contributed by atoms with E-state index in [2.05, 4.69) is 5.10 Å². The molecule has 4 nitrogen and oxygen atoms in total. The van der Waals surface area contributed by atoms with Gasteiger partial charge in [-0.3, -0.25) is 4.79 Å². The maximum absolute atomic E-state index is 11.2. The fourth-order valence-corrected chi connectivity index (χ4v) is 1.82. The van der Waals surface area contributed by atoms with Crippen molar-refractivity contribution in [2.24, 2.45) is 7.05 Å². The van der Waals surface area contributed by atoms with E-state index in [0.29, 0.717) is 22.2 Å². The van der Waals surface area contributed by atoms with Crippen LogP contribution in [0.4, 0.5) is 0 Å². The van der Waals surface area contributed by atoms with Gasteiger partial charge in [0.15, 0.2) is 5.78 Å². The Labute approximate surface area is 110 Å². The van der Waals surface area contributed by atoms with Crippen LogP contribution >= 0.6 is 11.6 Å². The third kappa shape index (κ3) is 2.54. The summed E-state index contributed by atoms with van der Waals surface area (Å²) in [6.45, 7) is 3.38. The van der Waals surface area contributed by atoms with Crippen molar-refractivity contribution in [1.29, 1.82) is 0 Å². The lowest BCUT2D eigenvalue weighted by molar-refractivity contribution is 0.101. The van der Waals surface area contributed by atoms with Crippen molar-refractivity contribution in [2.45, 2.75) is 13.8 Å². The minimum absolute atomic E-state index is 0.0279. The molecule has 2 aromatic rings. The average Bonchev–Trinajstić information content (AvgIpc) is 2.60. The van der Waals surface area contributed by atoms with Crippen molar-refractivity contribution in [1.82, 2.24) is 9.78 Å². The molecule has 0 amide bonds. The van der Waals surface area contributed by atoms with E-state index in [-0.39, 0.29) is 5.78 Å². The smallest absolute Gasteiger partial charge is 0.217 e. The van der Waals surface area contributed by atoms with E-state index in [4.69, 9.17) is 16.3 Å². The number of aromatic nitrogens is 2. The molecule has 0 aliphatic heterocycles. The summed E-state index contributed by atoms with van der Waals surface area (Å²) in [6.07, 6.45) is 0. The number of aryl methyl sites for hydroxylation is 2. The van der Waals surface area contributed by atoms with Gasteiger partial charge >= 0.3 is 0 Å². The maximum atomic E-state index is 11.2. The first-order valence-electron chi connectivity index (χ1n) is 5.46. The van der Waals surface area contributed by atoms with Gasteiger partial charge in [-0.15, -0.1) is 0 Å². The Balaban J connectivity index is 2.30. The predicted octanol–water partition coefficient (Wildman–Crippen LogP) is 3.38. The number of Topliss-reactive ketones (excluding diaryl/α,β-unsaturated/α-hetero) is 1. The van der Waals surface area contributed by atoms with Gasteiger partial charge < -0.3 is 4.74 Å². The monoisotopic (exact) mass is 264 g/mol. The molecule has 0 aliphatic carbocycles. The highest BCUT2D eigenvalue weighted by Crippen LogP contribution is 2.30. The largest absolute Gasteiger partial charge is 0.438 e. The normalized spacial score (nSPS) is 10.4. The summed E-state index contributed by atoms with van der Waals surface area (Å²) in [4.78, 5) is 11.2. The zero-order valence-electron chi connectivity index (χ0n) is 10.4. The molecule has 0 fully saturated rings. The van der Waals surface area contributed by atoms with E-state index in [1.807, 2.05) is 13.0 Å². The third-order valence-corrected chi connectivity index (χ3v) is 2.81. The Bertz CT molecular complexity index is 605. The molecule has 0 aliphatic rings. The van der Waals surface area contributed by atoms with Crippen LogP contribution < -0.4 is 4.74 Å². The van der Waals surface area contributed by atoms with E-state index in [1.165, 1.54) is 6.92 Å². The number of rotatable bonds is 3. The van der Waals surface area contributed by atoms with Gasteiger partial charge in [-0.05, 0) is 32.0 Å². The van der Waals surface area contributed by atoms with Crippen LogP contribution in [-0.4, -0.2) is 15.6 Å². The molecule has 1 heterocycles. The van der Waals surface area contributed by atoms with Gasteiger partial charge in [0.05, 0.1) is 10.7 Å². The lowest BCUT2D eigenvalue weighted by Gasteiger charge is -2.08. The quantitative estimate of drug-likeness (QED) is 0.799. The molecule has 94 valence electrons. The number of halogens is 1. The predicted molar refractivity (Wildman–Crippen MR) is 69.5 cm³/mol. The lowest BCUT2D eigenvalue weighted by atomic mass is 10.1. The molecule has 5 heteroatoms. The Hall–Kier alpha value is -1.81. The highest BCUT2D eigenvalue weighted by molar-refractivity contribution is 6.32. The minimum Gasteiger partial charge on any atom is -0.438 e. The van der Waals surface area contributed by atoms with Crippen molar-refractivity contribution in [3.8, 4) is 11.6 Å². The van der Waals surface area contributed by atoms with Crippen LogP contribution in [0.25, 0.3) is 0 Å². The number of ether oxygens (including phenoxy) is 1. The van der Waals surface area contributed by atoms with Crippen LogP contribution in [-0.2, 0) is 7.05 Å². The summed E-state index contributed by atoms with van der Waals surface area (Å²) in [5.41, 5.74) is 1.43. The summed E-state index contributed by atoms with van der Waals surface area (Å²) in [5, 5.41) is 4.58. The molecule has 1 aromatic heterocycles. The zero-order valence-corrected chi connectivity index (χ0v) is 11.2. The van der Waals surface area contributed by atoms with Gasteiger partial charge in [0.2, 0.25) is 5.88 Å². The highest BCUT2D eigenvalue weighted by atomic mass is 35.5. The Kier molecular flexibility index (Phi) is 3.39. The van der Waals surface area contributed by atoms with E-state index in [1.54, 1.807) is 29.9 Å². The van der Waals surface area contributed by atoms with Gasteiger partial charge in [0, 0.05) is 18.7 Å². The summed E-state index contributed by atoms with van der Waals surface area (Å²) < 4.78 is 7.28. The fraction of sp³-hybridized carbons (Fsp3) is 0.231. The van der Waals surface area contributed by atoms with Gasteiger partial charge in [0.25, 0.3) is 0 Å². The van der Waals surface area contributed by atoms with E-state index in [9.17, 15) is 4.79 Å². The van der Waals surface area contributed by atoms with Crippen molar-refractivity contribution in [3.05, 3.63) is 40.5 Å². The lowest BCUT2D eigenvalue weighted by Crippen LogP contribution is -1.97. The van der Waals surface area contributed by atoms with Crippen molar-refractivity contribution in [3.63, 3.8) is 0 Å². The Morgan fingerprint density at radius 3 is 2.61 bits per heavy atom. The molecule has 0 radical (unpaired) electrons. The molecule has 0 saturated carbocycles. The van der Waals surface area contributed by atoms with Crippen LogP contribution in [0.15, 0.2) is 24.3 Å². The van der Waals surface area contributed by atoms with Crippen LogP contribution in [0.3, 0.4) is 0 Å². The minimum atomic E-state index is -0.0279. The fourth-order valence-electron chi connectivity index (χ4n) is 1.60. The van der Waals surface area contributed by atoms with Crippen LogP contribution in [0, 0.1) is 6.92 Å². The number of carbonyl (C=O) groups excluding carboxylic acids is 1. The second kappa shape index (κ2) is 4.82. The molecule has 0 saturated heterocycles. The molecule has 2 rings (SSSR count). The number of ketones is 1. The molecule has 0 N–H and O–H groups in total. The Morgan fingerprint density at radius 2 is 2.11 bits per heavy atom. The summed E-state index contributed by atoms with van der Waals surface area (Å²) in [7, 11) is 1.79. The summed E-state index contributed by atoms with van der Waals surface area (Å²) in [5.74, 6) is 1.08. The average molecular weight is 265 g/mol. The third-order valence-electron chi connectivity index (χ3n) is 2.51. The second-order valence-electron chi connectivity index (χ2n) is 4.05. The van der Waals surface area contributed by atoms with Crippen LogP contribution in [0.5, 0.6) is 11.6 Å². The van der Waals surface area contributed by atoms with Crippen molar-refractivity contribution in [2.75, 3.05) is 0 Å². The molecule has 0 unspecified atom stereocenters. The number of hydrogen-bond acceptors (Lipinski definition) is 3. The first kappa shape index (κ1) is 12.6. The maximum Gasteiger partial charge on any atom is 0.217 e. The van der Waals surface area contributed by atoms with Gasteiger partial charge in [-0.2, -0.15) is 5.10 Å². The van der Waals surface area contributed by atoms with Gasteiger partial charge in [-0.1, -0.05) is 11.6 Å². The molecular weight excluding hydrogens is 252 g/mol. The van der Waals surface area contributed by atoms with E-state index in [0.717, 1.165) is 5.69 Å². The molecule has 0 bridgehead atoms. The van der Waals surface area contributed by atoms with Crippen LogP contribution in [0.2, 0.25) is 5.02 Å². The van der Waals surface area contributed by atoms with Crippen molar-refractivity contribution < 1.29 is 9.53 Å². The van der Waals surface area contributed by atoms with Crippen molar-refractivity contribution >= 4 is 17.4 Å². The number of benzene rings is 1. The SMILES string of the molecule is CC(=O)c1ccc(Oc2cc(C)nn2C)c(Cl)c1. The second-order valence-corrected chi connectivity index (χ2v) is 4.46. The van der Waals surface area contributed by atoms with Crippen LogP contribution in [0.1, 0.15) is 23.0 Å².